The quantitative estimate of drug-likeness (QED) is 0.428. The van der Waals surface area contributed by atoms with Crippen LogP contribution in [0.3, 0.4) is 0 Å². The number of hydrogen-bond acceptors (Lipinski definition) is 2. The zero-order chi connectivity index (χ0) is 15.9. The van der Waals surface area contributed by atoms with Crippen LogP contribution in [-0.2, 0) is 9.53 Å². The van der Waals surface area contributed by atoms with Gasteiger partial charge in [-0.25, -0.2) is 0 Å². The molecule has 0 N–H and O–H groups in total. The summed E-state index contributed by atoms with van der Waals surface area (Å²) in [4.78, 5) is 12.9. The van der Waals surface area contributed by atoms with Crippen molar-refractivity contribution in [2.75, 3.05) is 0 Å². The molecule has 4 aliphatic rings. The maximum Gasteiger partial charge on any atom is 0.309 e. The first-order valence-electron chi connectivity index (χ1n) is 9.10. The molecule has 0 aromatic heterocycles. The van der Waals surface area contributed by atoms with E-state index in [1.165, 1.54) is 12.8 Å². The third-order valence-electron chi connectivity index (χ3n) is 7.73. The van der Waals surface area contributed by atoms with Crippen molar-refractivity contribution in [3.63, 3.8) is 0 Å². The molecule has 0 spiro atoms. The van der Waals surface area contributed by atoms with Gasteiger partial charge in [0.25, 0.3) is 0 Å². The average molecular weight is 302 g/mol. The SMILES string of the molecule is CC(C)(C)C(C)(C)OC(=O)C1CC2CC1C1C3C=CC(C3)C21. The van der Waals surface area contributed by atoms with Gasteiger partial charge < -0.3 is 4.74 Å². The van der Waals surface area contributed by atoms with E-state index in [2.05, 4.69) is 46.8 Å². The van der Waals surface area contributed by atoms with Crippen LogP contribution in [0.25, 0.3) is 0 Å². The topological polar surface area (TPSA) is 26.3 Å². The van der Waals surface area contributed by atoms with E-state index >= 15 is 0 Å². The predicted octanol–water partition coefficient (Wildman–Crippen LogP) is 4.45. The van der Waals surface area contributed by atoms with Crippen molar-refractivity contribution in [3.05, 3.63) is 12.2 Å². The third kappa shape index (κ3) is 1.88. The number of hydrogen-bond donors (Lipinski definition) is 0. The van der Waals surface area contributed by atoms with E-state index in [0.29, 0.717) is 5.92 Å². The number of allylic oxidation sites excluding steroid dienone is 2. The molecule has 7 unspecified atom stereocenters. The summed E-state index contributed by atoms with van der Waals surface area (Å²) >= 11 is 0. The molecule has 0 saturated heterocycles. The molecule has 3 saturated carbocycles. The smallest absolute Gasteiger partial charge is 0.309 e. The fourth-order valence-corrected chi connectivity index (χ4v) is 5.77. The molecule has 0 aromatic rings. The van der Waals surface area contributed by atoms with Gasteiger partial charge in [0, 0.05) is 5.41 Å². The van der Waals surface area contributed by atoms with Gasteiger partial charge in [0.05, 0.1) is 5.92 Å². The summed E-state index contributed by atoms with van der Waals surface area (Å²) in [5, 5.41) is 0. The van der Waals surface area contributed by atoms with E-state index in [0.717, 1.165) is 36.0 Å². The van der Waals surface area contributed by atoms with Crippen LogP contribution in [0.4, 0.5) is 0 Å². The summed E-state index contributed by atoms with van der Waals surface area (Å²) < 4.78 is 6.01. The van der Waals surface area contributed by atoms with Crippen LogP contribution in [0, 0.1) is 46.8 Å². The standard InChI is InChI=1S/C20H30O2/c1-19(2,3)20(4,5)22-18(21)15-10-13-9-14(15)17-12-7-6-11(8-12)16(13)17/h6-7,11-17H,8-10H2,1-5H3. The molecule has 0 radical (unpaired) electrons. The maximum absolute atomic E-state index is 12.9. The molecule has 0 aromatic carbocycles. The minimum atomic E-state index is -0.403. The van der Waals surface area contributed by atoms with Gasteiger partial charge in [0.15, 0.2) is 0 Å². The molecular formula is C20H30O2. The first-order valence-corrected chi connectivity index (χ1v) is 9.10. The van der Waals surface area contributed by atoms with Gasteiger partial charge in [-0.3, -0.25) is 4.79 Å². The largest absolute Gasteiger partial charge is 0.459 e. The highest BCUT2D eigenvalue weighted by Crippen LogP contribution is 2.67. The van der Waals surface area contributed by atoms with Crippen molar-refractivity contribution in [1.29, 1.82) is 0 Å². The summed E-state index contributed by atoms with van der Waals surface area (Å²) in [6.07, 6.45) is 8.62. The Bertz CT molecular complexity index is 524. The van der Waals surface area contributed by atoms with Crippen LogP contribution in [0.5, 0.6) is 0 Å². The number of carbonyl (C=O) groups is 1. The van der Waals surface area contributed by atoms with Crippen LogP contribution in [0.2, 0.25) is 0 Å². The molecule has 7 atom stereocenters. The zero-order valence-corrected chi connectivity index (χ0v) is 14.6. The van der Waals surface area contributed by atoms with Crippen LogP contribution >= 0.6 is 0 Å². The Hall–Kier alpha value is -0.790. The highest BCUT2D eigenvalue weighted by atomic mass is 16.6. The Morgan fingerprint density at radius 1 is 0.955 bits per heavy atom. The van der Waals surface area contributed by atoms with Crippen LogP contribution < -0.4 is 0 Å². The second kappa shape index (κ2) is 4.39. The van der Waals surface area contributed by atoms with Crippen molar-refractivity contribution >= 4 is 5.97 Å². The minimum Gasteiger partial charge on any atom is -0.459 e. The number of ether oxygens (including phenoxy) is 1. The number of rotatable bonds is 2. The normalized spacial score (nSPS) is 45.4. The lowest BCUT2D eigenvalue weighted by molar-refractivity contribution is -0.175. The van der Waals surface area contributed by atoms with E-state index < -0.39 is 5.60 Å². The van der Waals surface area contributed by atoms with Gasteiger partial charge in [-0.1, -0.05) is 32.9 Å². The molecule has 4 bridgehead atoms. The summed E-state index contributed by atoms with van der Waals surface area (Å²) in [7, 11) is 0. The number of carbonyl (C=O) groups excluding carboxylic acids is 1. The first kappa shape index (κ1) is 14.8. The summed E-state index contributed by atoms with van der Waals surface area (Å²) in [6, 6.07) is 0. The molecule has 3 fully saturated rings. The lowest BCUT2D eigenvalue weighted by Gasteiger charge is -2.41. The van der Waals surface area contributed by atoms with Gasteiger partial charge in [0.1, 0.15) is 5.60 Å². The highest BCUT2D eigenvalue weighted by Gasteiger charge is 2.62. The Morgan fingerprint density at radius 3 is 2.23 bits per heavy atom. The monoisotopic (exact) mass is 302 g/mol. The van der Waals surface area contributed by atoms with E-state index in [-0.39, 0.29) is 17.3 Å². The Kier molecular flexibility index (Phi) is 2.95. The molecule has 0 amide bonds. The van der Waals surface area contributed by atoms with E-state index in [4.69, 9.17) is 4.74 Å². The average Bonchev–Trinajstić information content (AvgIpc) is 3.15. The predicted molar refractivity (Wildman–Crippen MR) is 87.0 cm³/mol. The van der Waals surface area contributed by atoms with Crippen molar-refractivity contribution in [1.82, 2.24) is 0 Å². The zero-order valence-electron chi connectivity index (χ0n) is 14.6. The first-order chi connectivity index (χ1) is 10.2. The van der Waals surface area contributed by atoms with E-state index in [1.54, 1.807) is 0 Å². The van der Waals surface area contributed by atoms with E-state index in [1.807, 2.05) is 0 Å². The van der Waals surface area contributed by atoms with Crippen molar-refractivity contribution in [2.24, 2.45) is 46.8 Å². The molecule has 22 heavy (non-hydrogen) atoms. The van der Waals surface area contributed by atoms with Gasteiger partial charge in [-0.2, -0.15) is 0 Å². The Balaban J connectivity index is 1.50. The third-order valence-corrected chi connectivity index (χ3v) is 7.73. The lowest BCUT2D eigenvalue weighted by atomic mass is 9.69. The molecular weight excluding hydrogens is 272 g/mol. The molecule has 2 heteroatoms. The van der Waals surface area contributed by atoms with Crippen molar-refractivity contribution in [2.45, 2.75) is 59.5 Å². The number of esters is 1. The van der Waals surface area contributed by atoms with Crippen molar-refractivity contribution in [3.8, 4) is 0 Å². The van der Waals surface area contributed by atoms with E-state index in [9.17, 15) is 4.79 Å². The molecule has 0 heterocycles. The highest BCUT2D eigenvalue weighted by molar-refractivity contribution is 5.74. The summed E-state index contributed by atoms with van der Waals surface area (Å²) in [5.41, 5.74) is -0.433. The van der Waals surface area contributed by atoms with Gasteiger partial charge in [0.2, 0.25) is 0 Å². The Labute approximate surface area is 134 Å². The second-order valence-electron chi connectivity index (χ2n) is 9.79. The molecule has 0 aliphatic heterocycles. The lowest BCUT2D eigenvalue weighted by Crippen LogP contribution is -2.44. The van der Waals surface area contributed by atoms with Crippen LogP contribution in [0.1, 0.15) is 53.9 Å². The fourth-order valence-electron chi connectivity index (χ4n) is 5.77. The molecule has 4 rings (SSSR count). The fraction of sp³-hybridized carbons (Fsp3) is 0.850. The van der Waals surface area contributed by atoms with Gasteiger partial charge >= 0.3 is 5.97 Å². The van der Waals surface area contributed by atoms with Crippen LogP contribution in [0.15, 0.2) is 12.2 Å². The molecule has 122 valence electrons. The molecule has 2 nitrogen and oxygen atoms in total. The summed E-state index contributed by atoms with van der Waals surface area (Å²) in [6.45, 7) is 10.6. The maximum atomic E-state index is 12.9. The molecule has 4 aliphatic carbocycles. The van der Waals surface area contributed by atoms with Gasteiger partial charge in [-0.05, 0) is 68.6 Å². The van der Waals surface area contributed by atoms with Gasteiger partial charge in [-0.15, -0.1) is 0 Å². The Morgan fingerprint density at radius 2 is 1.59 bits per heavy atom. The summed E-state index contributed by atoms with van der Waals surface area (Å²) in [5.74, 6) is 4.88. The van der Waals surface area contributed by atoms with Crippen molar-refractivity contribution < 1.29 is 9.53 Å². The number of fused-ring (bicyclic) bond motifs is 9. The van der Waals surface area contributed by atoms with Crippen LogP contribution in [-0.4, -0.2) is 11.6 Å². The minimum absolute atomic E-state index is 0.0298. The second-order valence-corrected chi connectivity index (χ2v) is 9.79.